The third-order valence-electron chi connectivity index (χ3n) is 3.32. The highest BCUT2D eigenvalue weighted by molar-refractivity contribution is 5.73. The Hall–Kier alpha value is -1.84. The van der Waals surface area contributed by atoms with Gasteiger partial charge in [-0.25, -0.2) is 9.37 Å². The van der Waals surface area contributed by atoms with Gasteiger partial charge in [0.15, 0.2) is 0 Å². The lowest BCUT2D eigenvalue weighted by Crippen LogP contribution is -2.05. The molecular formula is C15H20FN3. The average Bonchev–Trinajstić information content (AvgIpc) is 2.66. The second-order valence-corrected chi connectivity index (χ2v) is 4.72. The van der Waals surface area contributed by atoms with Crippen LogP contribution in [0.1, 0.15) is 31.7 Å². The maximum absolute atomic E-state index is 13.2. The van der Waals surface area contributed by atoms with E-state index in [9.17, 15) is 4.39 Å². The molecule has 2 rings (SSSR count). The van der Waals surface area contributed by atoms with Crippen LogP contribution in [0.3, 0.4) is 0 Å². The molecule has 0 bridgehead atoms. The van der Waals surface area contributed by atoms with Gasteiger partial charge in [-0.1, -0.05) is 6.92 Å². The lowest BCUT2D eigenvalue weighted by molar-refractivity contribution is 0.627. The fourth-order valence-electron chi connectivity index (χ4n) is 2.37. The Balaban J connectivity index is 2.56. The van der Waals surface area contributed by atoms with Crippen LogP contribution < -0.4 is 5.73 Å². The van der Waals surface area contributed by atoms with Crippen LogP contribution in [0.4, 0.5) is 10.2 Å². The van der Waals surface area contributed by atoms with Crippen molar-refractivity contribution >= 4 is 5.82 Å². The molecule has 2 aromatic rings. The molecule has 0 aliphatic rings. The molecule has 0 aliphatic heterocycles. The molecule has 0 unspecified atom stereocenters. The highest BCUT2D eigenvalue weighted by Crippen LogP contribution is 2.29. The lowest BCUT2D eigenvalue weighted by Gasteiger charge is -2.06. The zero-order valence-corrected chi connectivity index (χ0v) is 11.7. The third kappa shape index (κ3) is 2.48. The molecule has 0 radical (unpaired) electrons. The first-order valence-electron chi connectivity index (χ1n) is 6.69. The van der Waals surface area contributed by atoms with Gasteiger partial charge in [-0.15, -0.1) is 0 Å². The van der Waals surface area contributed by atoms with Crippen molar-refractivity contribution in [2.24, 2.45) is 0 Å². The van der Waals surface area contributed by atoms with Gasteiger partial charge in [-0.3, -0.25) is 0 Å². The van der Waals surface area contributed by atoms with Gasteiger partial charge in [-0.05, 0) is 44.0 Å². The molecule has 0 amide bonds. The van der Waals surface area contributed by atoms with Crippen LogP contribution in [0.25, 0.3) is 11.3 Å². The van der Waals surface area contributed by atoms with Crippen molar-refractivity contribution in [3.05, 3.63) is 35.4 Å². The molecule has 0 saturated carbocycles. The van der Waals surface area contributed by atoms with E-state index < -0.39 is 0 Å². The molecule has 0 saturated heterocycles. The SMILES string of the molecule is CCCc1nc(-c2ccc(F)cc2C)c(N)n1CC. The first-order chi connectivity index (χ1) is 9.08. The summed E-state index contributed by atoms with van der Waals surface area (Å²) in [5, 5.41) is 0. The van der Waals surface area contributed by atoms with Crippen molar-refractivity contribution in [1.82, 2.24) is 9.55 Å². The van der Waals surface area contributed by atoms with Crippen molar-refractivity contribution in [2.45, 2.75) is 40.2 Å². The summed E-state index contributed by atoms with van der Waals surface area (Å²) in [6, 6.07) is 4.71. The quantitative estimate of drug-likeness (QED) is 0.914. The zero-order chi connectivity index (χ0) is 14.0. The standard InChI is InChI=1S/C15H20FN3/c1-4-6-13-18-14(15(17)19(13)5-2)12-8-7-11(16)9-10(12)3/h7-9H,4-6,17H2,1-3H3. The number of aryl methyl sites for hydroxylation is 2. The molecule has 4 heteroatoms. The summed E-state index contributed by atoms with van der Waals surface area (Å²) in [5.41, 5.74) is 8.72. The fraction of sp³-hybridized carbons (Fsp3) is 0.400. The number of halogens is 1. The molecule has 3 nitrogen and oxygen atoms in total. The molecule has 0 spiro atoms. The number of aromatic nitrogens is 2. The van der Waals surface area contributed by atoms with E-state index in [1.807, 2.05) is 11.5 Å². The van der Waals surface area contributed by atoms with Crippen LogP contribution in [-0.4, -0.2) is 9.55 Å². The summed E-state index contributed by atoms with van der Waals surface area (Å²) in [4.78, 5) is 4.65. The van der Waals surface area contributed by atoms with Crippen molar-refractivity contribution < 1.29 is 4.39 Å². The third-order valence-corrected chi connectivity index (χ3v) is 3.32. The topological polar surface area (TPSA) is 43.8 Å². The molecule has 0 atom stereocenters. The number of rotatable bonds is 4. The highest BCUT2D eigenvalue weighted by Gasteiger charge is 2.16. The monoisotopic (exact) mass is 261 g/mol. The summed E-state index contributed by atoms with van der Waals surface area (Å²) in [6.07, 6.45) is 1.93. The molecule has 0 fully saturated rings. The summed E-state index contributed by atoms with van der Waals surface area (Å²) in [5.74, 6) is 1.44. The fourth-order valence-corrected chi connectivity index (χ4v) is 2.37. The van der Waals surface area contributed by atoms with Gasteiger partial charge >= 0.3 is 0 Å². The molecular weight excluding hydrogens is 241 g/mol. The second-order valence-electron chi connectivity index (χ2n) is 4.72. The number of hydrogen-bond acceptors (Lipinski definition) is 2. The Morgan fingerprint density at radius 2 is 2.05 bits per heavy atom. The number of anilines is 1. The van der Waals surface area contributed by atoms with Crippen molar-refractivity contribution in [3.8, 4) is 11.3 Å². The van der Waals surface area contributed by atoms with Gasteiger partial charge < -0.3 is 10.3 Å². The summed E-state index contributed by atoms with van der Waals surface area (Å²) in [7, 11) is 0. The van der Waals surface area contributed by atoms with Crippen molar-refractivity contribution in [2.75, 3.05) is 5.73 Å². The maximum Gasteiger partial charge on any atom is 0.131 e. The Kier molecular flexibility index (Phi) is 3.88. The number of imidazole rings is 1. The normalized spacial score (nSPS) is 10.9. The smallest absolute Gasteiger partial charge is 0.131 e. The van der Waals surface area contributed by atoms with Gasteiger partial charge in [0, 0.05) is 18.5 Å². The van der Waals surface area contributed by atoms with E-state index in [2.05, 4.69) is 18.8 Å². The summed E-state index contributed by atoms with van der Waals surface area (Å²) >= 11 is 0. The number of nitrogens with two attached hydrogens (primary N) is 1. The first-order valence-corrected chi connectivity index (χ1v) is 6.69. The van der Waals surface area contributed by atoms with E-state index in [1.165, 1.54) is 12.1 Å². The zero-order valence-electron chi connectivity index (χ0n) is 11.7. The highest BCUT2D eigenvalue weighted by atomic mass is 19.1. The maximum atomic E-state index is 13.2. The van der Waals surface area contributed by atoms with Crippen LogP contribution in [-0.2, 0) is 13.0 Å². The molecule has 0 aliphatic carbocycles. The molecule has 1 aromatic heterocycles. The molecule has 19 heavy (non-hydrogen) atoms. The second kappa shape index (κ2) is 5.43. The largest absolute Gasteiger partial charge is 0.383 e. The van der Waals surface area contributed by atoms with Crippen molar-refractivity contribution in [1.29, 1.82) is 0 Å². The summed E-state index contributed by atoms with van der Waals surface area (Å²) < 4.78 is 15.2. The van der Waals surface area contributed by atoms with Gasteiger partial charge in [0.1, 0.15) is 23.2 Å². The Morgan fingerprint density at radius 3 is 2.63 bits per heavy atom. The number of hydrogen-bond donors (Lipinski definition) is 1. The van der Waals surface area contributed by atoms with E-state index in [0.717, 1.165) is 42.0 Å². The van der Waals surface area contributed by atoms with Crippen LogP contribution >= 0.6 is 0 Å². The van der Waals surface area contributed by atoms with Crippen LogP contribution in [0.2, 0.25) is 0 Å². The lowest BCUT2D eigenvalue weighted by atomic mass is 10.1. The number of nitrogens with zero attached hydrogens (tertiary/aromatic N) is 2. The molecule has 2 N–H and O–H groups in total. The minimum atomic E-state index is -0.233. The van der Waals surface area contributed by atoms with Crippen LogP contribution in [0, 0.1) is 12.7 Å². The van der Waals surface area contributed by atoms with E-state index in [4.69, 9.17) is 5.73 Å². The molecule has 1 heterocycles. The Bertz CT molecular complexity index is 587. The van der Waals surface area contributed by atoms with E-state index in [1.54, 1.807) is 6.07 Å². The molecule has 102 valence electrons. The Labute approximate surface area is 113 Å². The number of nitrogen functional groups attached to an aromatic ring is 1. The Morgan fingerprint density at radius 1 is 1.32 bits per heavy atom. The minimum Gasteiger partial charge on any atom is -0.383 e. The predicted molar refractivity (Wildman–Crippen MR) is 76.4 cm³/mol. The van der Waals surface area contributed by atoms with Gasteiger partial charge in [0.25, 0.3) is 0 Å². The first kappa shape index (κ1) is 13.6. The number of benzene rings is 1. The molecule has 1 aromatic carbocycles. The van der Waals surface area contributed by atoms with E-state index in [-0.39, 0.29) is 5.82 Å². The van der Waals surface area contributed by atoms with Crippen LogP contribution in [0.5, 0.6) is 0 Å². The van der Waals surface area contributed by atoms with Crippen molar-refractivity contribution in [3.63, 3.8) is 0 Å². The summed E-state index contributed by atoms with van der Waals surface area (Å²) in [6.45, 7) is 6.85. The minimum absolute atomic E-state index is 0.233. The van der Waals surface area contributed by atoms with Crippen LogP contribution in [0.15, 0.2) is 18.2 Å². The van der Waals surface area contributed by atoms with E-state index >= 15 is 0 Å². The van der Waals surface area contributed by atoms with Gasteiger partial charge in [0.2, 0.25) is 0 Å². The average molecular weight is 261 g/mol. The van der Waals surface area contributed by atoms with Gasteiger partial charge in [0.05, 0.1) is 0 Å². The van der Waals surface area contributed by atoms with E-state index in [0.29, 0.717) is 5.82 Å². The predicted octanol–water partition coefficient (Wildman–Crippen LogP) is 3.55. The van der Waals surface area contributed by atoms with Gasteiger partial charge in [-0.2, -0.15) is 0 Å².